The summed E-state index contributed by atoms with van der Waals surface area (Å²) in [5.41, 5.74) is 7.85. The zero-order chi connectivity index (χ0) is 19.1. The van der Waals surface area contributed by atoms with Crippen LogP contribution in [0.25, 0.3) is 32.0 Å². The Labute approximate surface area is 170 Å². The minimum atomic E-state index is -0.236. The van der Waals surface area contributed by atoms with E-state index in [2.05, 4.69) is 22.4 Å². The zero-order valence-electron chi connectivity index (χ0n) is 15.0. The third-order valence-corrected chi connectivity index (χ3v) is 6.87. The van der Waals surface area contributed by atoms with Crippen molar-refractivity contribution < 1.29 is 4.79 Å². The smallest absolute Gasteiger partial charge is 0.222 e. The Morgan fingerprint density at radius 1 is 1.11 bits per heavy atom. The average molecular weight is 407 g/mol. The minimum absolute atomic E-state index is 0.131. The Bertz CT molecular complexity index is 1140. The summed E-state index contributed by atoms with van der Waals surface area (Å²) in [6.07, 6.45) is 0.764. The van der Waals surface area contributed by atoms with E-state index in [-0.39, 0.29) is 11.8 Å². The van der Waals surface area contributed by atoms with Crippen LogP contribution in [0.1, 0.15) is 6.42 Å². The van der Waals surface area contributed by atoms with Crippen LogP contribution in [0.4, 0.5) is 5.82 Å². The van der Waals surface area contributed by atoms with E-state index in [0.717, 1.165) is 50.8 Å². The molecule has 1 aliphatic heterocycles. The molecule has 1 amide bonds. The highest BCUT2D eigenvalue weighted by molar-refractivity contribution is 7.17. The molecular weight excluding hydrogens is 388 g/mol. The quantitative estimate of drug-likeness (QED) is 0.545. The minimum Gasteiger partial charge on any atom is -0.369 e. The lowest BCUT2D eigenvalue weighted by Crippen LogP contribution is -2.28. The van der Waals surface area contributed by atoms with E-state index in [0.29, 0.717) is 6.54 Å². The second kappa shape index (κ2) is 7.00. The standard InChI is InChI=1S/C21H18N4OS2/c22-18(26)14-8-9-25(11-14)20-17-15(13-5-2-1-3-6-13)12-28-21(17)24-19(23-20)16-7-4-10-27-16/h1-7,10,12,14H,8-9,11H2,(H2,22,26). The number of hydrogen-bond donors (Lipinski definition) is 1. The molecule has 1 fully saturated rings. The number of amides is 1. The van der Waals surface area contributed by atoms with E-state index in [1.807, 2.05) is 35.7 Å². The lowest BCUT2D eigenvalue weighted by Gasteiger charge is -2.19. The summed E-state index contributed by atoms with van der Waals surface area (Å²) < 4.78 is 0. The van der Waals surface area contributed by atoms with Gasteiger partial charge < -0.3 is 10.6 Å². The molecule has 3 aromatic heterocycles. The number of rotatable bonds is 4. The van der Waals surface area contributed by atoms with Crippen molar-refractivity contribution in [1.82, 2.24) is 9.97 Å². The first kappa shape index (κ1) is 17.3. The van der Waals surface area contributed by atoms with Gasteiger partial charge in [0, 0.05) is 24.0 Å². The van der Waals surface area contributed by atoms with E-state index >= 15 is 0 Å². The molecule has 1 atom stereocenters. The van der Waals surface area contributed by atoms with Gasteiger partial charge in [-0.25, -0.2) is 9.97 Å². The molecule has 5 rings (SSSR count). The maximum absolute atomic E-state index is 11.7. The number of fused-ring (bicyclic) bond motifs is 1. The Hall–Kier alpha value is -2.77. The predicted molar refractivity (Wildman–Crippen MR) is 116 cm³/mol. The lowest BCUT2D eigenvalue weighted by atomic mass is 10.1. The average Bonchev–Trinajstić information content (AvgIpc) is 3.48. The molecule has 4 aromatic rings. The van der Waals surface area contributed by atoms with Gasteiger partial charge in [-0.05, 0) is 23.4 Å². The van der Waals surface area contributed by atoms with Crippen molar-refractivity contribution in [3.8, 4) is 21.8 Å². The normalized spacial score (nSPS) is 16.7. The Morgan fingerprint density at radius 2 is 1.96 bits per heavy atom. The van der Waals surface area contributed by atoms with Crippen molar-refractivity contribution in [2.24, 2.45) is 11.7 Å². The number of anilines is 1. The van der Waals surface area contributed by atoms with Crippen molar-refractivity contribution in [2.45, 2.75) is 6.42 Å². The molecule has 140 valence electrons. The van der Waals surface area contributed by atoms with Crippen LogP contribution in [-0.2, 0) is 4.79 Å². The lowest BCUT2D eigenvalue weighted by molar-refractivity contribution is -0.121. The van der Waals surface area contributed by atoms with Crippen LogP contribution in [0.3, 0.4) is 0 Å². The van der Waals surface area contributed by atoms with Gasteiger partial charge in [-0.1, -0.05) is 36.4 Å². The molecule has 1 unspecified atom stereocenters. The summed E-state index contributed by atoms with van der Waals surface area (Å²) in [5.74, 6) is 1.27. The van der Waals surface area contributed by atoms with Crippen molar-refractivity contribution in [2.75, 3.05) is 18.0 Å². The van der Waals surface area contributed by atoms with Gasteiger partial charge in [0.2, 0.25) is 5.91 Å². The van der Waals surface area contributed by atoms with Crippen LogP contribution in [0, 0.1) is 5.92 Å². The number of carbonyl (C=O) groups excluding carboxylic acids is 1. The first-order valence-electron chi connectivity index (χ1n) is 9.13. The number of carbonyl (C=O) groups is 1. The van der Waals surface area contributed by atoms with Crippen molar-refractivity contribution in [1.29, 1.82) is 0 Å². The molecule has 0 spiro atoms. The largest absolute Gasteiger partial charge is 0.369 e. The van der Waals surface area contributed by atoms with E-state index in [9.17, 15) is 4.79 Å². The first-order valence-corrected chi connectivity index (χ1v) is 10.9. The second-order valence-electron chi connectivity index (χ2n) is 6.88. The fraction of sp³-hybridized carbons (Fsp3) is 0.190. The number of primary amides is 1. The van der Waals surface area contributed by atoms with Gasteiger partial charge in [0.1, 0.15) is 10.6 Å². The molecule has 4 heterocycles. The van der Waals surface area contributed by atoms with Gasteiger partial charge in [-0.15, -0.1) is 22.7 Å². The van der Waals surface area contributed by atoms with Crippen LogP contribution < -0.4 is 10.6 Å². The molecule has 0 radical (unpaired) electrons. The number of thiophene rings is 2. The zero-order valence-corrected chi connectivity index (χ0v) is 16.7. The predicted octanol–water partition coefficient (Wildman–Crippen LogP) is 4.40. The highest BCUT2D eigenvalue weighted by Crippen LogP contribution is 2.41. The van der Waals surface area contributed by atoms with Gasteiger partial charge >= 0.3 is 0 Å². The number of benzene rings is 1. The summed E-state index contributed by atoms with van der Waals surface area (Å²) in [6, 6.07) is 14.4. The third kappa shape index (κ3) is 2.96. The Balaban J connectivity index is 1.70. The number of hydrogen-bond acceptors (Lipinski definition) is 6. The van der Waals surface area contributed by atoms with Gasteiger partial charge in [0.05, 0.1) is 16.2 Å². The molecule has 28 heavy (non-hydrogen) atoms. The van der Waals surface area contributed by atoms with Crippen LogP contribution in [-0.4, -0.2) is 29.0 Å². The van der Waals surface area contributed by atoms with Gasteiger partial charge in [-0.2, -0.15) is 0 Å². The monoisotopic (exact) mass is 406 g/mol. The maximum Gasteiger partial charge on any atom is 0.222 e. The topological polar surface area (TPSA) is 72.1 Å². The van der Waals surface area contributed by atoms with Gasteiger partial charge in [0.15, 0.2) is 5.82 Å². The van der Waals surface area contributed by atoms with Crippen LogP contribution in [0.2, 0.25) is 0 Å². The van der Waals surface area contributed by atoms with E-state index in [4.69, 9.17) is 15.7 Å². The molecule has 0 bridgehead atoms. The summed E-state index contributed by atoms with van der Waals surface area (Å²) in [4.78, 5) is 25.7. The summed E-state index contributed by atoms with van der Waals surface area (Å²) >= 11 is 3.27. The SMILES string of the molecule is NC(=O)C1CCN(c2nc(-c3cccs3)nc3scc(-c4ccccc4)c23)C1. The molecule has 7 heteroatoms. The summed E-state index contributed by atoms with van der Waals surface area (Å²) in [6.45, 7) is 1.38. The molecule has 0 saturated carbocycles. The van der Waals surface area contributed by atoms with Crippen LogP contribution >= 0.6 is 22.7 Å². The van der Waals surface area contributed by atoms with Crippen LogP contribution in [0.15, 0.2) is 53.2 Å². The number of nitrogens with two attached hydrogens (primary N) is 1. The first-order chi connectivity index (χ1) is 13.7. The van der Waals surface area contributed by atoms with E-state index in [1.165, 1.54) is 0 Å². The fourth-order valence-electron chi connectivity index (χ4n) is 3.68. The Morgan fingerprint density at radius 3 is 2.68 bits per heavy atom. The summed E-state index contributed by atoms with van der Waals surface area (Å²) in [5, 5.41) is 5.24. The maximum atomic E-state index is 11.7. The van der Waals surface area contributed by atoms with Crippen molar-refractivity contribution in [3.05, 3.63) is 53.2 Å². The highest BCUT2D eigenvalue weighted by atomic mass is 32.1. The van der Waals surface area contributed by atoms with E-state index < -0.39 is 0 Å². The molecule has 5 nitrogen and oxygen atoms in total. The molecule has 1 aliphatic rings. The number of nitrogens with zero attached hydrogens (tertiary/aromatic N) is 3. The fourth-order valence-corrected chi connectivity index (χ4v) is 5.28. The third-order valence-electron chi connectivity index (χ3n) is 5.13. The van der Waals surface area contributed by atoms with Crippen molar-refractivity contribution >= 4 is 44.6 Å². The molecule has 0 aliphatic carbocycles. The van der Waals surface area contributed by atoms with Gasteiger partial charge in [0.25, 0.3) is 0 Å². The Kier molecular flexibility index (Phi) is 4.33. The number of aromatic nitrogens is 2. The van der Waals surface area contributed by atoms with Gasteiger partial charge in [-0.3, -0.25) is 4.79 Å². The summed E-state index contributed by atoms with van der Waals surface area (Å²) in [7, 11) is 0. The molecule has 1 saturated heterocycles. The molecule has 2 N–H and O–H groups in total. The molecule has 1 aromatic carbocycles. The second-order valence-corrected chi connectivity index (χ2v) is 8.68. The molecular formula is C21H18N4OS2. The van der Waals surface area contributed by atoms with Crippen LogP contribution in [0.5, 0.6) is 0 Å². The van der Waals surface area contributed by atoms with E-state index in [1.54, 1.807) is 22.7 Å². The highest BCUT2D eigenvalue weighted by Gasteiger charge is 2.30. The van der Waals surface area contributed by atoms with Crippen molar-refractivity contribution in [3.63, 3.8) is 0 Å².